The molecule has 1 fully saturated rings. The number of benzene rings is 2. The number of hydrogen-bond donors (Lipinski definition) is 0. The molecule has 0 heteroatoms. The van der Waals surface area contributed by atoms with Crippen molar-refractivity contribution in [1.29, 1.82) is 0 Å². The Labute approximate surface area is 115 Å². The minimum absolute atomic E-state index is 0.398. The molecule has 1 saturated carbocycles. The zero-order valence-electron chi connectivity index (χ0n) is 11.0. The van der Waals surface area contributed by atoms with Gasteiger partial charge in [0.1, 0.15) is 0 Å². The van der Waals surface area contributed by atoms with Gasteiger partial charge in [-0.2, -0.15) is 0 Å². The molecule has 0 heterocycles. The molecule has 3 rings (SSSR count). The molecule has 0 unspecified atom stereocenters. The van der Waals surface area contributed by atoms with Crippen molar-refractivity contribution < 1.29 is 0 Å². The maximum Gasteiger partial charge on any atom is 0.0484 e. The highest BCUT2D eigenvalue weighted by molar-refractivity contribution is 5.38. The molecule has 0 radical (unpaired) electrons. The van der Waals surface area contributed by atoms with Crippen LogP contribution in [0.1, 0.15) is 36.3 Å². The topological polar surface area (TPSA) is 0 Å². The van der Waals surface area contributed by atoms with E-state index in [4.69, 9.17) is 0 Å². The van der Waals surface area contributed by atoms with Gasteiger partial charge in [-0.1, -0.05) is 66.8 Å². The predicted molar refractivity (Wildman–Crippen MR) is 79.8 cm³/mol. The van der Waals surface area contributed by atoms with E-state index in [9.17, 15) is 0 Å². The lowest BCUT2D eigenvalue weighted by atomic mass is 9.73. The standard InChI is InChI=1S/C19H18/c1-3-8-16(9-4-1)14-15-19(18-12-7-13-18)17-10-5-2-6-11-17/h1-6,8-11,18-19H,7,12-13H2/t19-/m0/s1. The first kappa shape index (κ1) is 12.1. The minimum atomic E-state index is 0.398. The summed E-state index contributed by atoms with van der Waals surface area (Å²) < 4.78 is 0. The Morgan fingerprint density at radius 1 is 0.842 bits per heavy atom. The molecule has 19 heavy (non-hydrogen) atoms. The first-order valence-corrected chi connectivity index (χ1v) is 7.05. The van der Waals surface area contributed by atoms with Gasteiger partial charge >= 0.3 is 0 Å². The van der Waals surface area contributed by atoms with Crippen LogP contribution in [0.5, 0.6) is 0 Å². The lowest BCUT2D eigenvalue weighted by Gasteiger charge is -2.31. The number of rotatable bonds is 2. The second-order valence-electron chi connectivity index (χ2n) is 5.21. The van der Waals surface area contributed by atoms with E-state index in [-0.39, 0.29) is 0 Å². The third kappa shape index (κ3) is 2.88. The summed E-state index contributed by atoms with van der Waals surface area (Å²) >= 11 is 0. The molecule has 0 aromatic heterocycles. The molecule has 0 spiro atoms. The van der Waals surface area contributed by atoms with Gasteiger partial charge in [0.15, 0.2) is 0 Å². The van der Waals surface area contributed by atoms with Crippen molar-refractivity contribution >= 4 is 0 Å². The fraction of sp³-hybridized carbons (Fsp3) is 0.263. The monoisotopic (exact) mass is 246 g/mol. The summed E-state index contributed by atoms with van der Waals surface area (Å²) in [5.41, 5.74) is 2.48. The Kier molecular flexibility index (Phi) is 3.65. The van der Waals surface area contributed by atoms with Gasteiger partial charge in [0, 0.05) is 11.5 Å². The van der Waals surface area contributed by atoms with Crippen molar-refractivity contribution in [2.75, 3.05) is 0 Å². The van der Waals surface area contributed by atoms with Crippen molar-refractivity contribution in [2.45, 2.75) is 25.2 Å². The van der Waals surface area contributed by atoms with Gasteiger partial charge in [-0.25, -0.2) is 0 Å². The molecular weight excluding hydrogens is 228 g/mol. The van der Waals surface area contributed by atoms with Crippen molar-refractivity contribution in [2.24, 2.45) is 5.92 Å². The molecule has 0 N–H and O–H groups in total. The van der Waals surface area contributed by atoms with Gasteiger partial charge in [-0.15, -0.1) is 0 Å². The molecule has 2 aromatic carbocycles. The Morgan fingerprint density at radius 2 is 1.47 bits per heavy atom. The van der Waals surface area contributed by atoms with E-state index in [1.165, 1.54) is 24.8 Å². The van der Waals surface area contributed by atoms with Crippen LogP contribution in [-0.4, -0.2) is 0 Å². The van der Waals surface area contributed by atoms with Crippen LogP contribution >= 0.6 is 0 Å². The van der Waals surface area contributed by atoms with E-state index in [2.05, 4.69) is 54.3 Å². The predicted octanol–water partition coefficient (Wildman–Crippen LogP) is 4.62. The van der Waals surface area contributed by atoms with Crippen LogP contribution in [0.2, 0.25) is 0 Å². The largest absolute Gasteiger partial charge is 0.0894 e. The fourth-order valence-corrected chi connectivity index (χ4v) is 2.59. The lowest BCUT2D eigenvalue weighted by molar-refractivity contribution is 0.293. The molecule has 1 aliphatic carbocycles. The van der Waals surface area contributed by atoms with Gasteiger partial charge in [-0.3, -0.25) is 0 Å². The molecule has 0 amide bonds. The molecule has 0 saturated heterocycles. The van der Waals surface area contributed by atoms with Gasteiger partial charge in [0.05, 0.1) is 0 Å². The highest BCUT2D eigenvalue weighted by atomic mass is 14.3. The Hall–Kier alpha value is -2.00. The Balaban J connectivity index is 1.87. The zero-order chi connectivity index (χ0) is 12.9. The van der Waals surface area contributed by atoms with Gasteiger partial charge in [-0.05, 0) is 36.5 Å². The van der Waals surface area contributed by atoms with Crippen LogP contribution in [0.25, 0.3) is 0 Å². The maximum absolute atomic E-state index is 3.50. The summed E-state index contributed by atoms with van der Waals surface area (Å²) in [5.74, 6) is 7.99. The zero-order valence-corrected chi connectivity index (χ0v) is 11.0. The highest BCUT2D eigenvalue weighted by Crippen LogP contribution is 2.38. The molecule has 94 valence electrons. The third-order valence-electron chi connectivity index (χ3n) is 3.93. The molecule has 0 nitrogen and oxygen atoms in total. The molecule has 0 bridgehead atoms. The second kappa shape index (κ2) is 5.76. The average Bonchev–Trinajstić information content (AvgIpc) is 2.43. The Bertz CT molecular complexity index is 568. The SMILES string of the molecule is C(#C[C@@H](c1ccccc1)C1CCC1)c1ccccc1. The smallest absolute Gasteiger partial charge is 0.0484 e. The van der Waals surface area contributed by atoms with E-state index < -0.39 is 0 Å². The summed E-state index contributed by atoms with van der Waals surface area (Å²) in [4.78, 5) is 0. The summed E-state index contributed by atoms with van der Waals surface area (Å²) in [6.45, 7) is 0. The van der Waals surface area contributed by atoms with Crippen LogP contribution in [0.4, 0.5) is 0 Å². The van der Waals surface area contributed by atoms with Crippen LogP contribution < -0.4 is 0 Å². The molecule has 0 aliphatic heterocycles. The van der Waals surface area contributed by atoms with Crippen molar-refractivity contribution in [3.05, 3.63) is 71.8 Å². The van der Waals surface area contributed by atoms with E-state index in [0.717, 1.165) is 11.5 Å². The van der Waals surface area contributed by atoms with Gasteiger partial charge < -0.3 is 0 Å². The Morgan fingerprint density at radius 3 is 2.05 bits per heavy atom. The normalized spacial score (nSPS) is 16.0. The summed E-state index contributed by atoms with van der Waals surface area (Å²) in [6, 6.07) is 21.0. The van der Waals surface area contributed by atoms with Crippen LogP contribution in [0.15, 0.2) is 60.7 Å². The average molecular weight is 246 g/mol. The first-order valence-electron chi connectivity index (χ1n) is 7.05. The molecule has 1 atom stereocenters. The van der Waals surface area contributed by atoms with Gasteiger partial charge in [0.2, 0.25) is 0 Å². The van der Waals surface area contributed by atoms with Crippen LogP contribution in [0, 0.1) is 17.8 Å². The van der Waals surface area contributed by atoms with Crippen molar-refractivity contribution in [3.8, 4) is 11.8 Å². The van der Waals surface area contributed by atoms with E-state index >= 15 is 0 Å². The number of hydrogen-bond acceptors (Lipinski definition) is 0. The second-order valence-corrected chi connectivity index (χ2v) is 5.21. The molecule has 2 aromatic rings. The fourth-order valence-electron chi connectivity index (χ4n) is 2.59. The summed E-state index contributed by atoms with van der Waals surface area (Å²) in [6.07, 6.45) is 4.01. The van der Waals surface area contributed by atoms with E-state index in [1.807, 2.05) is 18.2 Å². The van der Waals surface area contributed by atoms with Gasteiger partial charge in [0.25, 0.3) is 0 Å². The van der Waals surface area contributed by atoms with E-state index in [1.54, 1.807) is 0 Å². The first-order chi connectivity index (χ1) is 9.43. The highest BCUT2D eigenvalue weighted by Gasteiger charge is 2.26. The minimum Gasteiger partial charge on any atom is -0.0894 e. The van der Waals surface area contributed by atoms with Crippen LogP contribution in [-0.2, 0) is 0 Å². The van der Waals surface area contributed by atoms with E-state index in [0.29, 0.717) is 5.92 Å². The third-order valence-corrected chi connectivity index (χ3v) is 3.93. The quantitative estimate of drug-likeness (QED) is 0.678. The van der Waals surface area contributed by atoms with Crippen LogP contribution in [0.3, 0.4) is 0 Å². The maximum atomic E-state index is 3.50. The lowest BCUT2D eigenvalue weighted by Crippen LogP contribution is -2.19. The van der Waals surface area contributed by atoms with Crippen molar-refractivity contribution in [3.63, 3.8) is 0 Å². The molecule has 1 aliphatic rings. The molecular formula is C19H18. The summed E-state index contributed by atoms with van der Waals surface area (Å²) in [5, 5.41) is 0. The van der Waals surface area contributed by atoms with Crippen molar-refractivity contribution in [1.82, 2.24) is 0 Å². The summed E-state index contributed by atoms with van der Waals surface area (Å²) in [7, 11) is 0.